The number of hydrogen-bond acceptors (Lipinski definition) is 4. The smallest absolute Gasteiger partial charge is 0.269 e. The molecular formula is C13H16N4O3S. The molecule has 7 nitrogen and oxygen atoms in total. The molecule has 1 aliphatic rings. The van der Waals surface area contributed by atoms with Gasteiger partial charge < -0.3 is 15.1 Å². The van der Waals surface area contributed by atoms with Crippen molar-refractivity contribution in [3.63, 3.8) is 0 Å². The van der Waals surface area contributed by atoms with Crippen LogP contribution in [0.2, 0.25) is 0 Å². The molecule has 0 bridgehead atoms. The minimum Gasteiger partial charge on any atom is -0.345 e. The SMILES string of the molecule is CC(=O)N1CCN(C(=S)Nc2ccc([N+](=O)[O-])cc2)CC1. The van der Waals surface area contributed by atoms with E-state index in [-0.39, 0.29) is 11.6 Å². The molecule has 1 aliphatic heterocycles. The van der Waals surface area contributed by atoms with Gasteiger partial charge in [-0.2, -0.15) is 0 Å². The maximum atomic E-state index is 11.3. The molecule has 0 atom stereocenters. The van der Waals surface area contributed by atoms with Gasteiger partial charge in [0.1, 0.15) is 0 Å². The van der Waals surface area contributed by atoms with E-state index in [4.69, 9.17) is 12.2 Å². The number of carbonyl (C=O) groups excluding carboxylic acids is 1. The van der Waals surface area contributed by atoms with Gasteiger partial charge in [-0.05, 0) is 24.4 Å². The average molecular weight is 308 g/mol. The molecule has 112 valence electrons. The predicted octanol–water partition coefficient (Wildman–Crippen LogP) is 1.46. The molecule has 0 aliphatic carbocycles. The molecule has 2 rings (SSSR count). The van der Waals surface area contributed by atoms with Crippen molar-refractivity contribution in [2.75, 3.05) is 31.5 Å². The van der Waals surface area contributed by atoms with Gasteiger partial charge in [0.05, 0.1) is 4.92 Å². The second-order valence-corrected chi connectivity index (χ2v) is 5.11. The van der Waals surface area contributed by atoms with Gasteiger partial charge in [0.15, 0.2) is 5.11 Å². The van der Waals surface area contributed by atoms with Gasteiger partial charge in [-0.1, -0.05) is 0 Å². The summed E-state index contributed by atoms with van der Waals surface area (Å²) in [5.41, 5.74) is 0.751. The minimum absolute atomic E-state index is 0.0431. The summed E-state index contributed by atoms with van der Waals surface area (Å²) < 4.78 is 0. The summed E-state index contributed by atoms with van der Waals surface area (Å²) in [4.78, 5) is 25.2. The van der Waals surface area contributed by atoms with Crippen LogP contribution in [0.4, 0.5) is 11.4 Å². The van der Waals surface area contributed by atoms with Gasteiger partial charge in [-0.3, -0.25) is 14.9 Å². The van der Waals surface area contributed by atoms with Crippen LogP contribution in [-0.2, 0) is 4.79 Å². The Morgan fingerprint density at radius 3 is 2.19 bits per heavy atom. The van der Waals surface area contributed by atoms with Crippen LogP contribution in [0, 0.1) is 10.1 Å². The quantitative estimate of drug-likeness (QED) is 0.506. The number of non-ortho nitro benzene ring substituents is 1. The van der Waals surface area contributed by atoms with E-state index in [1.165, 1.54) is 12.1 Å². The largest absolute Gasteiger partial charge is 0.345 e. The minimum atomic E-state index is -0.441. The van der Waals surface area contributed by atoms with E-state index in [0.717, 1.165) is 0 Å². The second-order valence-electron chi connectivity index (χ2n) is 4.73. The van der Waals surface area contributed by atoms with E-state index in [1.54, 1.807) is 24.0 Å². The number of nitro groups is 1. The summed E-state index contributed by atoms with van der Waals surface area (Å²) in [6, 6.07) is 6.10. The van der Waals surface area contributed by atoms with Crippen LogP contribution in [0.5, 0.6) is 0 Å². The van der Waals surface area contributed by atoms with Gasteiger partial charge in [0.2, 0.25) is 5.91 Å². The summed E-state index contributed by atoms with van der Waals surface area (Å²) in [6.45, 7) is 4.22. The number of rotatable bonds is 2. The number of carbonyl (C=O) groups is 1. The van der Waals surface area contributed by atoms with Crippen molar-refractivity contribution in [1.29, 1.82) is 0 Å². The molecule has 0 aromatic heterocycles. The first kappa shape index (κ1) is 15.2. The molecule has 8 heteroatoms. The van der Waals surface area contributed by atoms with Gasteiger partial charge >= 0.3 is 0 Å². The first-order chi connectivity index (χ1) is 9.97. The molecule has 1 amide bonds. The highest BCUT2D eigenvalue weighted by Gasteiger charge is 2.20. The Bertz CT molecular complexity index is 553. The number of nitrogens with zero attached hydrogens (tertiary/aromatic N) is 3. The first-order valence-electron chi connectivity index (χ1n) is 6.53. The van der Waals surface area contributed by atoms with E-state index < -0.39 is 4.92 Å². The van der Waals surface area contributed by atoms with Crippen molar-refractivity contribution in [3.8, 4) is 0 Å². The second kappa shape index (κ2) is 6.49. The number of amides is 1. The van der Waals surface area contributed by atoms with E-state index >= 15 is 0 Å². The molecule has 21 heavy (non-hydrogen) atoms. The molecule has 1 fully saturated rings. The summed E-state index contributed by atoms with van der Waals surface area (Å²) in [7, 11) is 0. The number of thiocarbonyl (C=S) groups is 1. The van der Waals surface area contributed by atoms with Crippen molar-refractivity contribution in [2.24, 2.45) is 0 Å². The Kier molecular flexibility index (Phi) is 4.69. The third-order valence-corrected chi connectivity index (χ3v) is 3.70. The number of nitrogens with one attached hydrogen (secondary N) is 1. The Labute approximate surface area is 127 Å². The molecule has 0 radical (unpaired) electrons. The number of hydrogen-bond donors (Lipinski definition) is 1. The van der Waals surface area contributed by atoms with Gasteiger partial charge in [-0.25, -0.2) is 0 Å². The Balaban J connectivity index is 1.90. The highest BCUT2D eigenvalue weighted by Crippen LogP contribution is 2.16. The molecular weight excluding hydrogens is 292 g/mol. The molecule has 1 saturated heterocycles. The van der Waals surface area contributed by atoms with Crippen molar-refractivity contribution < 1.29 is 9.72 Å². The zero-order valence-corrected chi connectivity index (χ0v) is 12.4. The predicted molar refractivity (Wildman–Crippen MR) is 83.1 cm³/mol. The topological polar surface area (TPSA) is 78.7 Å². The molecule has 1 N–H and O–H groups in total. The average Bonchev–Trinajstić information content (AvgIpc) is 2.47. The Hall–Kier alpha value is -2.22. The van der Waals surface area contributed by atoms with Crippen molar-refractivity contribution in [3.05, 3.63) is 34.4 Å². The molecule has 1 aromatic rings. The van der Waals surface area contributed by atoms with E-state index in [0.29, 0.717) is 37.0 Å². The summed E-state index contributed by atoms with van der Waals surface area (Å²) in [5.74, 6) is 0.0731. The van der Waals surface area contributed by atoms with Gasteiger partial charge in [-0.15, -0.1) is 0 Å². The van der Waals surface area contributed by atoms with Crippen LogP contribution in [0.3, 0.4) is 0 Å². The van der Waals surface area contributed by atoms with Crippen LogP contribution in [0.1, 0.15) is 6.92 Å². The van der Waals surface area contributed by atoms with E-state index in [9.17, 15) is 14.9 Å². The third-order valence-electron chi connectivity index (χ3n) is 3.34. The normalized spacial score (nSPS) is 14.7. The highest BCUT2D eigenvalue weighted by molar-refractivity contribution is 7.80. The third kappa shape index (κ3) is 3.88. The van der Waals surface area contributed by atoms with Crippen LogP contribution in [-0.4, -0.2) is 51.9 Å². The fourth-order valence-electron chi connectivity index (χ4n) is 2.09. The summed E-state index contributed by atoms with van der Waals surface area (Å²) in [5, 5.41) is 14.2. The molecule has 0 saturated carbocycles. The van der Waals surface area contributed by atoms with Crippen LogP contribution < -0.4 is 5.32 Å². The fraction of sp³-hybridized carbons (Fsp3) is 0.385. The lowest BCUT2D eigenvalue weighted by Gasteiger charge is -2.35. The Morgan fingerprint density at radius 1 is 1.19 bits per heavy atom. The van der Waals surface area contributed by atoms with Gasteiger partial charge in [0, 0.05) is 50.9 Å². The maximum absolute atomic E-state index is 11.3. The lowest BCUT2D eigenvalue weighted by Crippen LogP contribution is -2.51. The number of benzene rings is 1. The number of nitro benzene ring substituents is 1. The number of anilines is 1. The van der Waals surface area contributed by atoms with E-state index in [2.05, 4.69) is 5.32 Å². The first-order valence-corrected chi connectivity index (χ1v) is 6.94. The van der Waals surface area contributed by atoms with Crippen molar-refractivity contribution in [2.45, 2.75) is 6.92 Å². The lowest BCUT2D eigenvalue weighted by molar-refractivity contribution is -0.384. The number of piperazine rings is 1. The highest BCUT2D eigenvalue weighted by atomic mass is 32.1. The van der Waals surface area contributed by atoms with Crippen LogP contribution in [0.25, 0.3) is 0 Å². The molecule has 0 unspecified atom stereocenters. The standard InChI is InChI=1S/C13H16N4O3S/c1-10(18)15-6-8-16(9-7-15)13(21)14-11-2-4-12(5-3-11)17(19)20/h2-5H,6-9H2,1H3,(H,14,21). The zero-order valence-electron chi connectivity index (χ0n) is 11.6. The Morgan fingerprint density at radius 2 is 1.71 bits per heavy atom. The van der Waals surface area contributed by atoms with Crippen molar-refractivity contribution >= 4 is 34.6 Å². The monoisotopic (exact) mass is 308 g/mol. The van der Waals surface area contributed by atoms with Crippen LogP contribution >= 0.6 is 12.2 Å². The lowest BCUT2D eigenvalue weighted by atomic mass is 10.3. The fourth-order valence-corrected chi connectivity index (χ4v) is 2.39. The molecule has 1 aromatic carbocycles. The van der Waals surface area contributed by atoms with Crippen molar-refractivity contribution in [1.82, 2.24) is 9.80 Å². The molecule has 0 spiro atoms. The van der Waals surface area contributed by atoms with Crippen LogP contribution in [0.15, 0.2) is 24.3 Å². The summed E-state index contributed by atoms with van der Waals surface area (Å²) >= 11 is 5.32. The van der Waals surface area contributed by atoms with E-state index in [1.807, 2.05) is 4.90 Å². The van der Waals surface area contributed by atoms with Gasteiger partial charge in [0.25, 0.3) is 5.69 Å². The zero-order chi connectivity index (χ0) is 15.4. The maximum Gasteiger partial charge on any atom is 0.269 e. The molecule has 1 heterocycles. The summed E-state index contributed by atoms with van der Waals surface area (Å²) in [6.07, 6.45) is 0.